The highest BCUT2D eigenvalue weighted by atomic mass is 16.4. The van der Waals surface area contributed by atoms with Gasteiger partial charge in [-0.25, -0.2) is 14.3 Å². The van der Waals surface area contributed by atoms with Crippen LogP contribution in [0.15, 0.2) is 66.0 Å². The summed E-state index contributed by atoms with van der Waals surface area (Å²) < 4.78 is 3.25. The molecule has 0 aliphatic heterocycles. The fourth-order valence-corrected chi connectivity index (χ4v) is 3.41. The van der Waals surface area contributed by atoms with Crippen LogP contribution in [-0.4, -0.2) is 25.4 Å². The number of aromatic nitrogens is 3. The standard InChI is InChI=1S/C24H27N3O3/c1-4-6-15-27-24(30)26(22(25-27)17(3)5-2)16-18-11-13-19(14-12-18)20-9-7-8-10-21(20)23(28)29/h4,7-14,17H,1,5-6,15-16H2,2-3H3,(H,28,29). The highest BCUT2D eigenvalue weighted by molar-refractivity contribution is 5.95. The molecule has 0 saturated carbocycles. The topological polar surface area (TPSA) is 77.1 Å². The van der Waals surface area contributed by atoms with Crippen LogP contribution in [-0.2, 0) is 13.1 Å². The third-order valence-electron chi connectivity index (χ3n) is 5.31. The molecule has 156 valence electrons. The Kier molecular flexibility index (Phi) is 6.67. The van der Waals surface area contributed by atoms with Crippen molar-refractivity contribution >= 4 is 5.97 Å². The molecule has 0 aliphatic rings. The quantitative estimate of drug-likeness (QED) is 0.530. The van der Waals surface area contributed by atoms with E-state index < -0.39 is 5.97 Å². The molecule has 0 radical (unpaired) electrons. The lowest BCUT2D eigenvalue weighted by Gasteiger charge is -2.11. The zero-order valence-electron chi connectivity index (χ0n) is 17.4. The smallest absolute Gasteiger partial charge is 0.346 e. The van der Waals surface area contributed by atoms with Gasteiger partial charge in [0.15, 0.2) is 0 Å². The lowest BCUT2D eigenvalue weighted by molar-refractivity contribution is 0.0697. The van der Waals surface area contributed by atoms with Crippen LogP contribution >= 0.6 is 0 Å². The van der Waals surface area contributed by atoms with Crippen molar-refractivity contribution in [2.24, 2.45) is 0 Å². The van der Waals surface area contributed by atoms with Gasteiger partial charge in [-0.1, -0.05) is 62.4 Å². The summed E-state index contributed by atoms with van der Waals surface area (Å²) in [6.45, 7) is 8.81. The highest BCUT2D eigenvalue weighted by Crippen LogP contribution is 2.24. The predicted octanol–water partition coefficient (Wildman–Crippen LogP) is 4.55. The van der Waals surface area contributed by atoms with Crippen LogP contribution in [0.2, 0.25) is 0 Å². The molecule has 3 rings (SSSR count). The van der Waals surface area contributed by atoms with Crippen LogP contribution < -0.4 is 5.69 Å². The summed E-state index contributed by atoms with van der Waals surface area (Å²) in [7, 11) is 0. The molecule has 1 N–H and O–H groups in total. The molecular formula is C24H27N3O3. The number of hydrogen-bond acceptors (Lipinski definition) is 3. The van der Waals surface area contributed by atoms with E-state index in [0.29, 0.717) is 25.1 Å². The Morgan fingerprint density at radius 1 is 1.20 bits per heavy atom. The number of aromatic carboxylic acids is 1. The maximum atomic E-state index is 12.9. The number of allylic oxidation sites excluding steroid dienone is 1. The Morgan fingerprint density at radius 2 is 1.90 bits per heavy atom. The van der Waals surface area contributed by atoms with Gasteiger partial charge in [-0.05, 0) is 35.6 Å². The van der Waals surface area contributed by atoms with E-state index in [-0.39, 0.29) is 17.2 Å². The number of rotatable bonds is 9. The van der Waals surface area contributed by atoms with Gasteiger partial charge in [-0.3, -0.25) is 4.57 Å². The van der Waals surface area contributed by atoms with Crippen LogP contribution in [0.3, 0.4) is 0 Å². The zero-order chi connectivity index (χ0) is 21.7. The van der Waals surface area contributed by atoms with Gasteiger partial charge in [-0.15, -0.1) is 6.58 Å². The number of carboxylic acid groups (broad SMARTS) is 1. The lowest BCUT2D eigenvalue weighted by atomic mass is 9.98. The third kappa shape index (κ3) is 4.43. The molecular weight excluding hydrogens is 378 g/mol. The van der Waals surface area contributed by atoms with E-state index in [4.69, 9.17) is 0 Å². The molecule has 0 fully saturated rings. The molecule has 1 atom stereocenters. The summed E-state index contributed by atoms with van der Waals surface area (Å²) in [5.74, 6) is 0.00243. The van der Waals surface area contributed by atoms with Crippen molar-refractivity contribution in [2.75, 3.05) is 0 Å². The summed E-state index contributed by atoms with van der Waals surface area (Å²) in [5.41, 5.74) is 2.61. The van der Waals surface area contributed by atoms with Crippen molar-refractivity contribution in [3.8, 4) is 11.1 Å². The lowest BCUT2D eigenvalue weighted by Crippen LogP contribution is -2.26. The number of aryl methyl sites for hydroxylation is 1. The number of hydrogen-bond donors (Lipinski definition) is 1. The molecule has 30 heavy (non-hydrogen) atoms. The molecule has 0 bridgehead atoms. The molecule has 6 nitrogen and oxygen atoms in total. The van der Waals surface area contributed by atoms with Gasteiger partial charge in [0.1, 0.15) is 5.82 Å². The first-order valence-electron chi connectivity index (χ1n) is 10.2. The first-order chi connectivity index (χ1) is 14.5. The second kappa shape index (κ2) is 9.39. The highest BCUT2D eigenvalue weighted by Gasteiger charge is 2.18. The minimum Gasteiger partial charge on any atom is -0.478 e. The van der Waals surface area contributed by atoms with E-state index in [1.54, 1.807) is 28.8 Å². The first kappa shape index (κ1) is 21.3. The van der Waals surface area contributed by atoms with Gasteiger partial charge < -0.3 is 5.11 Å². The fourth-order valence-electron chi connectivity index (χ4n) is 3.41. The molecule has 1 unspecified atom stereocenters. The molecule has 3 aromatic rings. The molecule has 1 aromatic heterocycles. The Hall–Kier alpha value is -3.41. The molecule has 1 heterocycles. The number of carboxylic acids is 1. The van der Waals surface area contributed by atoms with Gasteiger partial charge in [0.25, 0.3) is 0 Å². The molecule has 0 aliphatic carbocycles. The maximum absolute atomic E-state index is 12.9. The van der Waals surface area contributed by atoms with Crippen LogP contribution in [0.5, 0.6) is 0 Å². The van der Waals surface area contributed by atoms with Gasteiger partial charge >= 0.3 is 11.7 Å². The SMILES string of the molecule is C=CCCn1nc(C(C)CC)n(Cc2ccc(-c3ccccc3C(=O)O)cc2)c1=O. The average molecular weight is 405 g/mol. The molecule has 0 amide bonds. The largest absolute Gasteiger partial charge is 0.478 e. The summed E-state index contributed by atoms with van der Waals surface area (Å²) in [6, 6.07) is 14.6. The van der Waals surface area contributed by atoms with Gasteiger partial charge in [0, 0.05) is 12.5 Å². The van der Waals surface area contributed by atoms with Gasteiger partial charge in [-0.2, -0.15) is 5.10 Å². The van der Waals surface area contributed by atoms with E-state index >= 15 is 0 Å². The molecule has 6 heteroatoms. The van der Waals surface area contributed by atoms with Crippen LogP contribution in [0.1, 0.15) is 54.4 Å². The summed E-state index contributed by atoms with van der Waals surface area (Å²) in [5, 5.41) is 14.0. The Bertz CT molecular complexity index is 1090. The summed E-state index contributed by atoms with van der Waals surface area (Å²) >= 11 is 0. The van der Waals surface area contributed by atoms with Crippen LogP contribution in [0.4, 0.5) is 0 Å². The first-order valence-corrected chi connectivity index (χ1v) is 10.2. The Labute approximate surface area is 176 Å². The van der Waals surface area contributed by atoms with Gasteiger partial charge in [0.05, 0.1) is 12.1 Å². The molecule has 2 aromatic carbocycles. The second-order valence-corrected chi connectivity index (χ2v) is 7.38. The van der Waals surface area contributed by atoms with Crippen molar-refractivity contribution in [2.45, 2.75) is 45.7 Å². The monoisotopic (exact) mass is 405 g/mol. The normalized spacial score (nSPS) is 11.9. The molecule has 0 spiro atoms. The van der Waals surface area contributed by atoms with Crippen molar-refractivity contribution in [3.63, 3.8) is 0 Å². The number of carbonyl (C=O) groups is 1. The fraction of sp³-hybridized carbons (Fsp3) is 0.292. The minimum absolute atomic E-state index is 0.118. The van der Waals surface area contributed by atoms with E-state index in [2.05, 4.69) is 25.5 Å². The second-order valence-electron chi connectivity index (χ2n) is 7.38. The van der Waals surface area contributed by atoms with E-state index in [0.717, 1.165) is 23.4 Å². The van der Waals surface area contributed by atoms with Crippen molar-refractivity contribution in [1.29, 1.82) is 0 Å². The van der Waals surface area contributed by atoms with Crippen LogP contribution in [0, 0.1) is 0 Å². The van der Waals surface area contributed by atoms with Crippen molar-refractivity contribution in [1.82, 2.24) is 14.3 Å². The van der Waals surface area contributed by atoms with Crippen molar-refractivity contribution < 1.29 is 9.90 Å². The van der Waals surface area contributed by atoms with Crippen LogP contribution in [0.25, 0.3) is 11.1 Å². The van der Waals surface area contributed by atoms with Gasteiger partial charge in [0.2, 0.25) is 0 Å². The zero-order valence-corrected chi connectivity index (χ0v) is 17.4. The molecule has 0 saturated heterocycles. The van der Waals surface area contributed by atoms with E-state index in [1.165, 1.54) is 4.68 Å². The summed E-state index contributed by atoms with van der Waals surface area (Å²) in [4.78, 5) is 24.4. The predicted molar refractivity (Wildman–Crippen MR) is 118 cm³/mol. The van der Waals surface area contributed by atoms with Crippen molar-refractivity contribution in [3.05, 3.63) is 88.6 Å². The Balaban J connectivity index is 1.92. The number of nitrogens with zero attached hydrogens (tertiary/aromatic N) is 3. The van der Waals surface area contributed by atoms with E-state index in [9.17, 15) is 14.7 Å². The number of benzene rings is 2. The maximum Gasteiger partial charge on any atom is 0.346 e. The third-order valence-corrected chi connectivity index (χ3v) is 5.31. The van der Waals surface area contributed by atoms with E-state index in [1.807, 2.05) is 30.3 Å². The Morgan fingerprint density at radius 3 is 2.53 bits per heavy atom. The summed E-state index contributed by atoms with van der Waals surface area (Å²) in [6.07, 6.45) is 3.36. The average Bonchev–Trinajstić information content (AvgIpc) is 3.07. The minimum atomic E-state index is -0.952.